The molecule has 0 aromatic heterocycles. The molecule has 6 nitrogen and oxygen atoms in total. The predicted molar refractivity (Wildman–Crippen MR) is 54.8 cm³/mol. The fourth-order valence-electron chi connectivity index (χ4n) is 1.41. The molecular formula is C10H10FNO5. The van der Waals surface area contributed by atoms with Crippen LogP contribution in [0.25, 0.3) is 0 Å². The highest BCUT2D eigenvalue weighted by molar-refractivity contribution is 5.88. The van der Waals surface area contributed by atoms with E-state index in [-0.39, 0.29) is 23.3 Å². The van der Waals surface area contributed by atoms with Crippen molar-refractivity contribution in [2.75, 3.05) is 7.11 Å². The van der Waals surface area contributed by atoms with Crippen molar-refractivity contribution < 1.29 is 24.0 Å². The molecule has 1 rings (SSSR count). The molecule has 0 spiro atoms. The number of benzene rings is 1. The van der Waals surface area contributed by atoms with Crippen LogP contribution >= 0.6 is 0 Å². The molecular weight excluding hydrogens is 233 g/mol. The third-order valence-electron chi connectivity index (χ3n) is 2.12. The molecule has 1 aromatic carbocycles. The third kappa shape index (κ3) is 3.22. The molecule has 0 aliphatic heterocycles. The van der Waals surface area contributed by atoms with Crippen molar-refractivity contribution in [1.29, 1.82) is 0 Å². The van der Waals surface area contributed by atoms with Crippen LogP contribution in [0.1, 0.15) is 21.5 Å². The van der Waals surface area contributed by atoms with Gasteiger partial charge in [0.25, 0.3) is 0 Å². The van der Waals surface area contributed by atoms with Gasteiger partial charge < -0.3 is 9.84 Å². The molecule has 0 atom stereocenters. The van der Waals surface area contributed by atoms with Gasteiger partial charge in [-0.2, -0.15) is 0 Å². The van der Waals surface area contributed by atoms with E-state index in [4.69, 9.17) is 9.84 Å². The summed E-state index contributed by atoms with van der Waals surface area (Å²) in [6.45, 7) is -0.786. The second kappa shape index (κ2) is 5.35. The Labute approximate surface area is 95.8 Å². The zero-order chi connectivity index (χ0) is 13.0. The van der Waals surface area contributed by atoms with Crippen molar-refractivity contribution in [3.63, 3.8) is 0 Å². The molecule has 0 fully saturated rings. The van der Waals surface area contributed by atoms with Gasteiger partial charge in [-0.05, 0) is 17.7 Å². The maximum Gasteiger partial charge on any atom is 0.335 e. The smallest absolute Gasteiger partial charge is 0.335 e. The Morgan fingerprint density at radius 3 is 2.71 bits per heavy atom. The lowest BCUT2D eigenvalue weighted by Gasteiger charge is -2.08. The first-order chi connectivity index (χ1) is 7.95. The zero-order valence-electron chi connectivity index (χ0n) is 8.97. The highest BCUT2D eigenvalue weighted by atomic mass is 19.1. The molecule has 7 heteroatoms. The van der Waals surface area contributed by atoms with Crippen molar-refractivity contribution in [2.45, 2.75) is 13.2 Å². The number of ether oxygens (including phenoxy) is 1. The largest absolute Gasteiger partial charge is 0.478 e. The van der Waals surface area contributed by atoms with Crippen LogP contribution < -0.4 is 0 Å². The monoisotopic (exact) mass is 243 g/mol. The molecule has 0 unspecified atom stereocenters. The Morgan fingerprint density at radius 1 is 1.59 bits per heavy atom. The minimum Gasteiger partial charge on any atom is -0.478 e. The van der Waals surface area contributed by atoms with Crippen LogP contribution in [0.4, 0.5) is 4.39 Å². The molecule has 92 valence electrons. The van der Waals surface area contributed by atoms with Crippen LogP contribution in [0, 0.1) is 15.9 Å². The summed E-state index contributed by atoms with van der Waals surface area (Å²) in [4.78, 5) is 20.4. The van der Waals surface area contributed by atoms with E-state index in [9.17, 15) is 19.3 Å². The van der Waals surface area contributed by atoms with E-state index < -0.39 is 23.3 Å². The van der Waals surface area contributed by atoms with Gasteiger partial charge in [0.1, 0.15) is 5.82 Å². The van der Waals surface area contributed by atoms with E-state index in [1.807, 2.05) is 0 Å². The van der Waals surface area contributed by atoms with Crippen LogP contribution in [0.3, 0.4) is 0 Å². The topological polar surface area (TPSA) is 89.7 Å². The molecule has 0 aliphatic carbocycles. The average Bonchev–Trinajstić information content (AvgIpc) is 2.22. The molecule has 1 aromatic rings. The first-order valence-corrected chi connectivity index (χ1v) is 4.61. The summed E-state index contributed by atoms with van der Waals surface area (Å²) in [6.07, 6.45) is 0. The highest BCUT2D eigenvalue weighted by Gasteiger charge is 2.18. The Bertz CT molecular complexity index is 460. The minimum atomic E-state index is -1.30. The molecule has 0 heterocycles. The summed E-state index contributed by atoms with van der Waals surface area (Å²) in [5.74, 6) is -2.21. The second-order valence-corrected chi connectivity index (χ2v) is 3.32. The van der Waals surface area contributed by atoms with Crippen molar-refractivity contribution in [3.05, 3.63) is 44.8 Å². The van der Waals surface area contributed by atoms with Crippen molar-refractivity contribution >= 4 is 5.97 Å². The molecule has 0 saturated heterocycles. The quantitative estimate of drug-likeness (QED) is 0.624. The van der Waals surface area contributed by atoms with Crippen molar-refractivity contribution in [1.82, 2.24) is 0 Å². The Balaban J connectivity index is 3.27. The number of halogens is 1. The van der Waals surface area contributed by atoms with E-state index in [1.54, 1.807) is 0 Å². The summed E-state index contributed by atoms with van der Waals surface area (Å²) in [5, 5.41) is 19.1. The number of carboxylic acids is 1. The minimum absolute atomic E-state index is 0.0821. The fraction of sp³-hybridized carbons (Fsp3) is 0.300. The van der Waals surface area contributed by atoms with Crippen LogP contribution in [0.15, 0.2) is 12.1 Å². The normalized spacial score (nSPS) is 10.2. The number of nitrogens with zero attached hydrogens (tertiary/aromatic N) is 1. The number of rotatable bonds is 5. The van der Waals surface area contributed by atoms with Crippen LogP contribution in [-0.4, -0.2) is 23.1 Å². The van der Waals surface area contributed by atoms with Crippen LogP contribution in [-0.2, 0) is 17.9 Å². The Morgan fingerprint density at radius 2 is 2.24 bits per heavy atom. The van der Waals surface area contributed by atoms with Gasteiger partial charge in [-0.3, -0.25) is 10.1 Å². The highest BCUT2D eigenvalue weighted by Crippen LogP contribution is 2.18. The van der Waals surface area contributed by atoms with E-state index in [2.05, 4.69) is 0 Å². The standard InChI is InChI=1S/C10H10FNO5/c1-17-5-7-2-6(10(13)14)3-9(11)8(7)4-12(15)16/h2-3H,4-5H2,1H3,(H,13,14). The Kier molecular flexibility index (Phi) is 4.11. The summed E-state index contributed by atoms with van der Waals surface area (Å²) in [7, 11) is 1.33. The maximum absolute atomic E-state index is 13.5. The number of hydrogen-bond acceptors (Lipinski definition) is 4. The van der Waals surface area contributed by atoms with Gasteiger partial charge in [-0.1, -0.05) is 0 Å². The summed E-state index contributed by atoms with van der Waals surface area (Å²) in [6, 6.07) is 1.94. The number of methoxy groups -OCH3 is 1. The number of aromatic carboxylic acids is 1. The lowest BCUT2D eigenvalue weighted by molar-refractivity contribution is -0.497. The number of nitro groups is 1. The van der Waals surface area contributed by atoms with E-state index in [1.165, 1.54) is 13.2 Å². The molecule has 0 radical (unpaired) electrons. The first kappa shape index (κ1) is 13.0. The van der Waals surface area contributed by atoms with Gasteiger partial charge in [0.05, 0.1) is 17.7 Å². The summed E-state index contributed by atoms with van der Waals surface area (Å²) < 4.78 is 18.3. The van der Waals surface area contributed by atoms with E-state index in [0.717, 1.165) is 6.07 Å². The van der Waals surface area contributed by atoms with Gasteiger partial charge in [-0.25, -0.2) is 9.18 Å². The van der Waals surface area contributed by atoms with Crippen LogP contribution in [0.2, 0.25) is 0 Å². The second-order valence-electron chi connectivity index (χ2n) is 3.32. The predicted octanol–water partition coefficient (Wildman–Crippen LogP) is 1.45. The van der Waals surface area contributed by atoms with Crippen molar-refractivity contribution in [2.24, 2.45) is 0 Å². The van der Waals surface area contributed by atoms with E-state index >= 15 is 0 Å². The average molecular weight is 243 g/mol. The molecule has 0 bridgehead atoms. The number of hydrogen-bond donors (Lipinski definition) is 1. The zero-order valence-corrected chi connectivity index (χ0v) is 8.97. The number of carboxylic acid groups (broad SMARTS) is 1. The molecule has 0 amide bonds. The molecule has 17 heavy (non-hydrogen) atoms. The van der Waals surface area contributed by atoms with Crippen molar-refractivity contribution in [3.8, 4) is 0 Å². The molecule has 0 aliphatic rings. The molecule has 0 saturated carbocycles. The third-order valence-corrected chi connectivity index (χ3v) is 2.12. The first-order valence-electron chi connectivity index (χ1n) is 4.61. The van der Waals surface area contributed by atoms with Gasteiger partial charge in [-0.15, -0.1) is 0 Å². The van der Waals surface area contributed by atoms with E-state index in [0.29, 0.717) is 0 Å². The van der Waals surface area contributed by atoms with Gasteiger partial charge in [0, 0.05) is 12.0 Å². The lowest BCUT2D eigenvalue weighted by atomic mass is 10.0. The lowest BCUT2D eigenvalue weighted by Crippen LogP contribution is -2.09. The summed E-state index contributed by atoms with van der Waals surface area (Å²) >= 11 is 0. The number of carbonyl (C=O) groups is 1. The summed E-state index contributed by atoms with van der Waals surface area (Å²) in [5.41, 5.74) is -0.245. The van der Waals surface area contributed by atoms with Gasteiger partial charge >= 0.3 is 5.97 Å². The molecule has 1 N–H and O–H groups in total. The van der Waals surface area contributed by atoms with Gasteiger partial charge in [0.15, 0.2) is 0 Å². The fourth-order valence-corrected chi connectivity index (χ4v) is 1.41. The van der Waals surface area contributed by atoms with Crippen LogP contribution in [0.5, 0.6) is 0 Å². The van der Waals surface area contributed by atoms with Gasteiger partial charge in [0.2, 0.25) is 6.54 Å². The Hall–Kier alpha value is -2.02. The SMILES string of the molecule is COCc1cc(C(=O)O)cc(F)c1C[N+](=O)[O-]. The maximum atomic E-state index is 13.5.